The van der Waals surface area contributed by atoms with E-state index in [0.29, 0.717) is 0 Å². The van der Waals surface area contributed by atoms with E-state index in [1.165, 1.54) is 64.7 Å². The van der Waals surface area contributed by atoms with Crippen molar-refractivity contribution in [3.05, 3.63) is 81.5 Å². The molecule has 2 aliphatic carbocycles. The van der Waals surface area contributed by atoms with Gasteiger partial charge in [0.15, 0.2) is 0 Å². The second-order valence-electron chi connectivity index (χ2n) is 7.38. The molecule has 3 aromatic carbocycles. The Morgan fingerprint density at radius 1 is 0.538 bits per heavy atom. The van der Waals surface area contributed by atoms with Gasteiger partial charge in [-0.1, -0.05) is 12.1 Å². The van der Waals surface area contributed by atoms with Crippen LogP contribution in [0.2, 0.25) is 0 Å². The van der Waals surface area contributed by atoms with Gasteiger partial charge in [0, 0.05) is 20.2 Å². The van der Waals surface area contributed by atoms with Crippen LogP contribution in [0.25, 0.3) is 42.4 Å². The topological polar surface area (TPSA) is 0 Å². The van der Waals surface area contributed by atoms with Crippen molar-refractivity contribution in [3.8, 4) is 22.3 Å². The lowest BCUT2D eigenvalue weighted by molar-refractivity contribution is 1.24. The minimum atomic E-state index is 1.07. The fourth-order valence-electron chi connectivity index (χ4n) is 4.97. The summed E-state index contributed by atoms with van der Waals surface area (Å²) in [5, 5.41) is 7.31. The smallest absolute Gasteiger partial charge is 0.0349 e. The minimum Gasteiger partial charge on any atom is -0.144 e. The molecule has 0 N–H and O–H groups in total. The molecule has 0 fully saturated rings. The Balaban J connectivity index is 1.53. The Kier molecular flexibility index (Phi) is 2.45. The molecule has 0 unspecified atom stereocenters. The van der Waals surface area contributed by atoms with Gasteiger partial charge < -0.3 is 0 Å². The Bertz CT molecular complexity index is 1270. The third-order valence-corrected chi connectivity index (χ3v) is 7.84. The summed E-state index contributed by atoms with van der Waals surface area (Å²) >= 11 is 3.69. The molecule has 122 valence electrons. The summed E-state index contributed by atoms with van der Waals surface area (Å²) in [4.78, 5) is 0. The first-order valence-corrected chi connectivity index (χ1v) is 10.8. The van der Waals surface area contributed by atoms with E-state index in [1.807, 2.05) is 22.7 Å². The first-order chi connectivity index (χ1) is 12.9. The van der Waals surface area contributed by atoms with Crippen molar-refractivity contribution in [1.82, 2.24) is 0 Å². The van der Waals surface area contributed by atoms with Gasteiger partial charge in [0.1, 0.15) is 0 Å². The lowest BCUT2D eigenvalue weighted by Crippen LogP contribution is -1.86. The van der Waals surface area contributed by atoms with Crippen LogP contribution < -0.4 is 0 Å². The van der Waals surface area contributed by atoms with Crippen molar-refractivity contribution < 1.29 is 0 Å². The first kappa shape index (κ1) is 13.7. The van der Waals surface area contributed by atoms with Crippen LogP contribution in [0.5, 0.6) is 0 Å². The van der Waals surface area contributed by atoms with Crippen LogP contribution in [0, 0.1) is 0 Å². The molecule has 0 radical (unpaired) electrons. The summed E-state index contributed by atoms with van der Waals surface area (Å²) in [6.07, 6.45) is 2.14. The van der Waals surface area contributed by atoms with Crippen molar-refractivity contribution in [3.63, 3.8) is 0 Å². The van der Waals surface area contributed by atoms with Crippen molar-refractivity contribution >= 4 is 42.8 Å². The highest BCUT2D eigenvalue weighted by Crippen LogP contribution is 2.49. The lowest BCUT2D eigenvalue weighted by atomic mass is 9.96. The summed E-state index contributed by atoms with van der Waals surface area (Å²) in [6, 6.07) is 18.8. The predicted molar refractivity (Wildman–Crippen MR) is 114 cm³/mol. The molecule has 0 bridgehead atoms. The fraction of sp³-hybridized carbons (Fsp3) is 0.0833. The Hall–Kier alpha value is -2.42. The number of hydrogen-bond acceptors (Lipinski definition) is 2. The Labute approximate surface area is 159 Å². The number of fused-ring (bicyclic) bond motifs is 10. The van der Waals surface area contributed by atoms with Crippen LogP contribution in [0.3, 0.4) is 0 Å². The van der Waals surface area contributed by atoms with Gasteiger partial charge in [-0.05, 0) is 105 Å². The maximum absolute atomic E-state index is 2.49. The number of rotatable bonds is 0. The van der Waals surface area contributed by atoms with Gasteiger partial charge >= 0.3 is 0 Å². The molecule has 0 spiro atoms. The van der Waals surface area contributed by atoms with Crippen LogP contribution in [-0.4, -0.2) is 0 Å². The van der Waals surface area contributed by atoms with Crippen LogP contribution in [0.4, 0.5) is 0 Å². The summed E-state index contributed by atoms with van der Waals surface area (Å²) in [6.45, 7) is 0. The van der Waals surface area contributed by atoms with Gasteiger partial charge in [-0.2, -0.15) is 0 Å². The van der Waals surface area contributed by atoms with E-state index in [4.69, 9.17) is 0 Å². The van der Waals surface area contributed by atoms with E-state index in [1.54, 1.807) is 0 Å². The molecule has 0 saturated heterocycles. The first-order valence-electron chi connectivity index (χ1n) is 9.01. The molecule has 2 heterocycles. The van der Waals surface area contributed by atoms with Gasteiger partial charge in [0.2, 0.25) is 0 Å². The monoisotopic (exact) mass is 366 g/mol. The second kappa shape index (κ2) is 4.64. The van der Waals surface area contributed by atoms with Crippen molar-refractivity contribution in [1.29, 1.82) is 0 Å². The van der Waals surface area contributed by atoms with Gasteiger partial charge in [0.25, 0.3) is 0 Å². The number of thiophene rings is 2. The van der Waals surface area contributed by atoms with E-state index in [-0.39, 0.29) is 0 Å². The molecule has 0 atom stereocenters. The van der Waals surface area contributed by atoms with Gasteiger partial charge in [-0.3, -0.25) is 0 Å². The van der Waals surface area contributed by atoms with Crippen molar-refractivity contribution in [2.45, 2.75) is 12.8 Å². The third kappa shape index (κ3) is 1.60. The van der Waals surface area contributed by atoms with Crippen molar-refractivity contribution in [2.24, 2.45) is 0 Å². The zero-order chi connectivity index (χ0) is 16.8. The molecule has 2 aliphatic rings. The summed E-state index contributed by atoms with van der Waals surface area (Å²) in [5.74, 6) is 0. The van der Waals surface area contributed by atoms with Crippen LogP contribution in [0.15, 0.2) is 59.3 Å². The normalized spacial score (nSPS) is 13.8. The molecule has 0 saturated carbocycles. The average molecular weight is 367 g/mol. The highest BCUT2D eigenvalue weighted by Gasteiger charge is 2.27. The van der Waals surface area contributed by atoms with Gasteiger partial charge in [-0.25, -0.2) is 0 Å². The molecule has 0 amide bonds. The minimum absolute atomic E-state index is 1.07. The largest absolute Gasteiger partial charge is 0.144 e. The predicted octanol–water partition coefficient (Wildman–Crippen LogP) is 7.26. The zero-order valence-electron chi connectivity index (χ0n) is 14.0. The van der Waals surface area contributed by atoms with Crippen LogP contribution in [0.1, 0.15) is 22.3 Å². The maximum atomic E-state index is 2.49. The van der Waals surface area contributed by atoms with Crippen molar-refractivity contribution in [2.75, 3.05) is 0 Å². The molecule has 26 heavy (non-hydrogen) atoms. The zero-order valence-corrected chi connectivity index (χ0v) is 15.6. The quantitative estimate of drug-likeness (QED) is 0.265. The van der Waals surface area contributed by atoms with Gasteiger partial charge in [0.05, 0.1) is 0 Å². The maximum Gasteiger partial charge on any atom is 0.0349 e. The molecule has 0 nitrogen and oxygen atoms in total. The molecule has 7 rings (SSSR count). The molecular weight excluding hydrogens is 352 g/mol. The van der Waals surface area contributed by atoms with Crippen LogP contribution in [-0.2, 0) is 12.8 Å². The lowest BCUT2D eigenvalue weighted by Gasteiger charge is -2.08. The SMILES string of the molecule is c1cc2c3c(ccc2s1)Cc1cc2c(cc1-3)Cc1ccc3sccc3c1-2. The highest BCUT2D eigenvalue weighted by atomic mass is 32.1. The molecule has 5 aromatic rings. The van der Waals surface area contributed by atoms with E-state index >= 15 is 0 Å². The third-order valence-electron chi connectivity index (χ3n) is 6.07. The molecule has 2 heteroatoms. The number of hydrogen-bond donors (Lipinski definition) is 0. The average Bonchev–Trinajstić information content (AvgIpc) is 3.40. The number of benzene rings is 3. The van der Waals surface area contributed by atoms with E-state index in [0.717, 1.165) is 12.8 Å². The Morgan fingerprint density at radius 2 is 1.04 bits per heavy atom. The van der Waals surface area contributed by atoms with Crippen LogP contribution >= 0.6 is 22.7 Å². The summed E-state index contributed by atoms with van der Waals surface area (Å²) < 4.78 is 2.81. The van der Waals surface area contributed by atoms with Gasteiger partial charge in [-0.15, -0.1) is 22.7 Å². The Morgan fingerprint density at radius 3 is 1.54 bits per heavy atom. The fourth-order valence-corrected chi connectivity index (χ4v) is 6.56. The van der Waals surface area contributed by atoms with E-state index < -0.39 is 0 Å². The summed E-state index contributed by atoms with van der Waals surface area (Å²) in [5.41, 5.74) is 11.9. The second-order valence-corrected chi connectivity index (χ2v) is 9.28. The highest BCUT2D eigenvalue weighted by molar-refractivity contribution is 7.17. The summed E-state index contributed by atoms with van der Waals surface area (Å²) in [7, 11) is 0. The molecular formula is C24H14S2. The van der Waals surface area contributed by atoms with E-state index in [9.17, 15) is 0 Å². The van der Waals surface area contributed by atoms with E-state index in [2.05, 4.69) is 59.3 Å². The standard InChI is InChI=1S/C24H14S2/c1-3-21-17(5-7-25-21)23-13(1)9-15-11-20-16(12-19(15)23)10-14-2-4-22-18(24(14)20)6-8-26-22/h1-8,11-12H,9-10H2. The molecule has 0 aliphatic heterocycles. The molecule has 2 aromatic heterocycles.